The highest BCUT2D eigenvalue weighted by Gasteiger charge is 2.07. The molecule has 7 heteroatoms. The van der Waals surface area contributed by atoms with Crippen LogP contribution in [0, 0.1) is 13.8 Å². The number of para-hydroxylation sites is 1. The zero-order chi connectivity index (χ0) is 15.9. The fourth-order valence-corrected chi connectivity index (χ4v) is 2.69. The Morgan fingerprint density at radius 2 is 2.14 bits per heavy atom. The van der Waals surface area contributed by atoms with Crippen LogP contribution in [0.4, 0.5) is 9.93 Å². The van der Waals surface area contributed by atoms with Crippen LogP contribution in [0.2, 0.25) is 5.02 Å². The quantitative estimate of drug-likeness (QED) is 0.782. The molecule has 2 amide bonds. The van der Waals surface area contributed by atoms with E-state index in [1.54, 1.807) is 6.07 Å². The Morgan fingerprint density at radius 1 is 1.36 bits per heavy atom. The lowest BCUT2D eigenvalue weighted by Gasteiger charge is -2.08. The van der Waals surface area contributed by atoms with Crippen molar-refractivity contribution in [3.63, 3.8) is 0 Å². The first kappa shape index (κ1) is 16.6. The van der Waals surface area contributed by atoms with E-state index in [9.17, 15) is 4.79 Å². The molecule has 2 aromatic rings. The predicted molar refractivity (Wildman–Crippen MR) is 90.2 cm³/mol. The summed E-state index contributed by atoms with van der Waals surface area (Å²) in [6.45, 7) is 4.89. The maximum absolute atomic E-state index is 11.7. The number of hydrogen-bond donors (Lipinski definition) is 2. The van der Waals surface area contributed by atoms with Gasteiger partial charge in [-0.25, -0.2) is 9.78 Å². The van der Waals surface area contributed by atoms with Gasteiger partial charge in [-0.2, -0.15) is 0 Å². The summed E-state index contributed by atoms with van der Waals surface area (Å²) in [5, 5.41) is 6.68. The summed E-state index contributed by atoms with van der Waals surface area (Å²) in [6, 6.07) is 7.05. The van der Waals surface area contributed by atoms with Gasteiger partial charge in [-0.15, -0.1) is 11.3 Å². The average Bonchev–Trinajstić information content (AvgIpc) is 2.78. The number of hydrogen-bond acceptors (Lipinski definition) is 4. The number of rotatable bonds is 6. The molecule has 0 fully saturated rings. The predicted octanol–water partition coefficient (Wildman–Crippen LogP) is 4.00. The normalized spacial score (nSPS) is 10.3. The van der Waals surface area contributed by atoms with E-state index in [1.807, 2.05) is 32.0 Å². The van der Waals surface area contributed by atoms with E-state index in [4.69, 9.17) is 16.3 Å². The van der Waals surface area contributed by atoms with E-state index in [-0.39, 0.29) is 6.03 Å². The van der Waals surface area contributed by atoms with Gasteiger partial charge in [-0.05, 0) is 32.4 Å². The van der Waals surface area contributed by atoms with Gasteiger partial charge in [0.25, 0.3) is 0 Å². The number of aromatic nitrogens is 1. The first-order valence-electron chi connectivity index (χ1n) is 6.92. The lowest BCUT2D eigenvalue weighted by Crippen LogP contribution is -2.30. The van der Waals surface area contributed by atoms with Gasteiger partial charge in [0.15, 0.2) is 5.13 Å². The lowest BCUT2D eigenvalue weighted by molar-refractivity contribution is 0.250. The van der Waals surface area contributed by atoms with Gasteiger partial charge in [-0.1, -0.05) is 23.7 Å². The molecule has 2 N–H and O–H groups in total. The van der Waals surface area contributed by atoms with Crippen molar-refractivity contribution in [2.24, 2.45) is 0 Å². The highest BCUT2D eigenvalue weighted by atomic mass is 35.5. The minimum absolute atomic E-state index is 0.258. The van der Waals surface area contributed by atoms with Crippen LogP contribution < -0.4 is 15.4 Å². The number of aryl methyl sites for hydroxylation is 2. The molecule has 0 saturated carbocycles. The highest BCUT2D eigenvalue weighted by molar-refractivity contribution is 7.15. The molecule has 0 saturated heterocycles. The molecule has 0 radical (unpaired) electrons. The molecule has 0 aliphatic rings. The van der Waals surface area contributed by atoms with Crippen molar-refractivity contribution in [3.8, 4) is 5.75 Å². The van der Waals surface area contributed by atoms with Crippen molar-refractivity contribution >= 4 is 34.1 Å². The third-order valence-corrected chi connectivity index (χ3v) is 4.25. The van der Waals surface area contributed by atoms with Crippen molar-refractivity contribution < 1.29 is 9.53 Å². The zero-order valence-electron chi connectivity index (χ0n) is 12.5. The SMILES string of the molecule is Cc1nc(NC(=O)NCCCOc2ccccc2Cl)sc1C. The third kappa shape index (κ3) is 4.89. The fraction of sp³-hybridized carbons (Fsp3) is 0.333. The Kier molecular flexibility index (Phi) is 6.03. The van der Waals surface area contributed by atoms with Gasteiger partial charge in [0, 0.05) is 11.4 Å². The minimum atomic E-state index is -0.258. The van der Waals surface area contributed by atoms with Crippen LogP contribution in [0.1, 0.15) is 17.0 Å². The summed E-state index contributed by atoms with van der Waals surface area (Å²) in [5.41, 5.74) is 0.938. The third-order valence-electron chi connectivity index (χ3n) is 2.95. The second kappa shape index (κ2) is 8.00. The van der Waals surface area contributed by atoms with Crippen molar-refractivity contribution in [3.05, 3.63) is 39.9 Å². The van der Waals surface area contributed by atoms with E-state index in [0.717, 1.165) is 10.6 Å². The van der Waals surface area contributed by atoms with E-state index < -0.39 is 0 Å². The molecule has 0 aliphatic heterocycles. The smallest absolute Gasteiger partial charge is 0.321 e. The molecule has 0 atom stereocenters. The van der Waals surface area contributed by atoms with Crippen molar-refractivity contribution in [2.75, 3.05) is 18.5 Å². The maximum atomic E-state index is 11.7. The molecule has 1 heterocycles. The molecule has 0 spiro atoms. The van der Waals surface area contributed by atoms with Gasteiger partial charge >= 0.3 is 6.03 Å². The number of nitrogens with one attached hydrogen (secondary N) is 2. The Labute approximate surface area is 138 Å². The molecule has 118 valence electrons. The molecule has 1 aromatic heterocycles. The number of carbonyl (C=O) groups is 1. The van der Waals surface area contributed by atoms with Crippen LogP contribution in [0.25, 0.3) is 0 Å². The van der Waals surface area contributed by atoms with Crippen LogP contribution in [-0.2, 0) is 0 Å². The van der Waals surface area contributed by atoms with Gasteiger partial charge < -0.3 is 10.1 Å². The Morgan fingerprint density at radius 3 is 2.82 bits per heavy atom. The van der Waals surface area contributed by atoms with E-state index in [1.165, 1.54) is 11.3 Å². The standard InChI is InChI=1S/C15H18ClN3O2S/c1-10-11(2)22-15(18-10)19-14(20)17-8-5-9-21-13-7-4-3-6-12(13)16/h3-4,6-7H,5,8-9H2,1-2H3,(H2,17,18,19,20). The summed E-state index contributed by atoms with van der Waals surface area (Å²) in [5.74, 6) is 0.655. The Balaban J connectivity index is 1.64. The number of halogens is 1. The summed E-state index contributed by atoms with van der Waals surface area (Å²) < 4.78 is 5.54. The molecule has 0 bridgehead atoms. The number of urea groups is 1. The van der Waals surface area contributed by atoms with Crippen molar-refractivity contribution in [2.45, 2.75) is 20.3 Å². The lowest BCUT2D eigenvalue weighted by atomic mass is 10.3. The number of anilines is 1. The summed E-state index contributed by atoms with van der Waals surface area (Å²) in [7, 11) is 0. The second-order valence-electron chi connectivity index (χ2n) is 4.67. The van der Waals surface area contributed by atoms with Gasteiger partial charge in [0.1, 0.15) is 5.75 Å². The van der Waals surface area contributed by atoms with E-state index in [0.29, 0.717) is 35.5 Å². The summed E-state index contributed by atoms with van der Waals surface area (Å²) >= 11 is 7.44. The summed E-state index contributed by atoms with van der Waals surface area (Å²) in [4.78, 5) is 17.1. The molecule has 5 nitrogen and oxygen atoms in total. The molecule has 0 aliphatic carbocycles. The number of ether oxygens (including phenoxy) is 1. The maximum Gasteiger partial charge on any atom is 0.321 e. The second-order valence-corrected chi connectivity index (χ2v) is 6.28. The van der Waals surface area contributed by atoms with Gasteiger partial charge in [0.2, 0.25) is 0 Å². The average molecular weight is 340 g/mol. The zero-order valence-corrected chi connectivity index (χ0v) is 14.1. The Bertz CT molecular complexity index is 626. The van der Waals surface area contributed by atoms with Crippen LogP contribution in [0.15, 0.2) is 24.3 Å². The largest absolute Gasteiger partial charge is 0.492 e. The number of amides is 2. The number of benzene rings is 1. The molecule has 22 heavy (non-hydrogen) atoms. The Hall–Kier alpha value is -1.79. The molecular weight excluding hydrogens is 322 g/mol. The van der Waals surface area contributed by atoms with Gasteiger partial charge in [0.05, 0.1) is 17.3 Å². The first-order chi connectivity index (χ1) is 10.6. The topological polar surface area (TPSA) is 63.2 Å². The monoisotopic (exact) mass is 339 g/mol. The number of nitrogens with zero attached hydrogens (tertiary/aromatic N) is 1. The first-order valence-corrected chi connectivity index (χ1v) is 8.12. The molecule has 0 unspecified atom stereocenters. The summed E-state index contributed by atoms with van der Waals surface area (Å²) in [6.07, 6.45) is 0.689. The van der Waals surface area contributed by atoms with Crippen LogP contribution in [0.5, 0.6) is 5.75 Å². The van der Waals surface area contributed by atoms with Crippen LogP contribution in [0.3, 0.4) is 0 Å². The number of carbonyl (C=O) groups excluding carboxylic acids is 1. The van der Waals surface area contributed by atoms with Crippen LogP contribution >= 0.6 is 22.9 Å². The van der Waals surface area contributed by atoms with E-state index in [2.05, 4.69) is 15.6 Å². The highest BCUT2D eigenvalue weighted by Crippen LogP contribution is 2.23. The van der Waals surface area contributed by atoms with Crippen molar-refractivity contribution in [1.82, 2.24) is 10.3 Å². The van der Waals surface area contributed by atoms with Gasteiger partial charge in [-0.3, -0.25) is 5.32 Å². The minimum Gasteiger partial charge on any atom is -0.492 e. The fourth-order valence-electron chi connectivity index (χ4n) is 1.69. The molecular formula is C15H18ClN3O2S. The van der Waals surface area contributed by atoms with E-state index >= 15 is 0 Å². The molecule has 1 aromatic carbocycles. The number of thiazole rings is 1. The van der Waals surface area contributed by atoms with Crippen LogP contribution in [-0.4, -0.2) is 24.2 Å². The molecule has 2 rings (SSSR count). The van der Waals surface area contributed by atoms with Crippen molar-refractivity contribution in [1.29, 1.82) is 0 Å².